The summed E-state index contributed by atoms with van der Waals surface area (Å²) in [5.41, 5.74) is 1.71. The second-order valence-electron chi connectivity index (χ2n) is 8.50. The van der Waals surface area contributed by atoms with Crippen LogP contribution < -0.4 is 9.47 Å². The number of thioether (sulfide) groups is 1. The summed E-state index contributed by atoms with van der Waals surface area (Å²) in [4.78, 5) is 14.9. The molecule has 1 fully saturated rings. The van der Waals surface area contributed by atoms with Crippen molar-refractivity contribution < 1.29 is 22.7 Å². The number of sulfonamides is 1. The molecule has 1 saturated heterocycles. The summed E-state index contributed by atoms with van der Waals surface area (Å²) in [6, 6.07) is 12.0. The predicted octanol–water partition coefficient (Wildman–Crippen LogP) is 6.03. The average Bonchev–Trinajstić information content (AvgIpc) is 3.14. The number of carbonyl (C=O) groups is 1. The molecule has 0 unspecified atom stereocenters. The lowest BCUT2D eigenvalue weighted by Crippen LogP contribution is -2.29. The van der Waals surface area contributed by atoms with Gasteiger partial charge in [0, 0.05) is 6.54 Å². The number of carbonyl (C=O) groups excluding carboxylic acids is 1. The van der Waals surface area contributed by atoms with E-state index in [2.05, 4.69) is 11.3 Å². The Hall–Kier alpha value is -2.78. The molecule has 0 saturated carbocycles. The molecule has 2 aromatic rings. The molecule has 0 aliphatic carbocycles. The van der Waals surface area contributed by atoms with Gasteiger partial charge in [-0.2, -0.15) is 8.42 Å². The minimum absolute atomic E-state index is 0.0915. The van der Waals surface area contributed by atoms with Gasteiger partial charge in [0.15, 0.2) is 16.7 Å². The molecule has 7 nitrogen and oxygen atoms in total. The zero-order chi connectivity index (χ0) is 26.1. The fourth-order valence-corrected chi connectivity index (χ4v) is 5.90. The van der Waals surface area contributed by atoms with Gasteiger partial charge in [-0.25, -0.2) is 0 Å². The van der Waals surface area contributed by atoms with Gasteiger partial charge < -0.3 is 9.47 Å². The number of methoxy groups -OCH3 is 1. The van der Waals surface area contributed by atoms with Gasteiger partial charge in [-0.3, -0.25) is 9.69 Å². The van der Waals surface area contributed by atoms with E-state index >= 15 is 0 Å². The minimum Gasteiger partial charge on any atom is -0.493 e. The fourth-order valence-electron chi connectivity index (χ4n) is 3.66. The normalized spacial score (nSPS) is 16.2. The summed E-state index contributed by atoms with van der Waals surface area (Å²) in [7, 11) is -2.36. The maximum absolute atomic E-state index is 13.0. The van der Waals surface area contributed by atoms with E-state index in [0.717, 1.165) is 35.7 Å². The number of ether oxygens (including phenoxy) is 2. The summed E-state index contributed by atoms with van der Waals surface area (Å²) < 4.78 is 41.1. The first-order valence-corrected chi connectivity index (χ1v) is 14.5. The number of rotatable bonds is 12. The number of nitrogens with zero attached hydrogens (tertiary/aromatic N) is 2. The second kappa shape index (κ2) is 13.0. The Labute approximate surface area is 218 Å². The molecule has 0 spiro atoms. The highest BCUT2D eigenvalue weighted by Crippen LogP contribution is 2.35. The largest absolute Gasteiger partial charge is 0.493 e. The Morgan fingerprint density at radius 2 is 1.72 bits per heavy atom. The first-order valence-electron chi connectivity index (χ1n) is 12.2. The molecule has 0 radical (unpaired) electrons. The van der Waals surface area contributed by atoms with Crippen molar-refractivity contribution >= 4 is 38.9 Å². The summed E-state index contributed by atoms with van der Waals surface area (Å²) in [6.07, 6.45) is 7.42. The molecule has 1 amide bonds. The number of hydrogen-bond acceptors (Lipinski definition) is 6. The zero-order valence-electron chi connectivity index (χ0n) is 21.3. The molecule has 9 heteroatoms. The van der Waals surface area contributed by atoms with Crippen LogP contribution in [0.5, 0.6) is 11.5 Å². The number of likely N-dealkylation sites (N-methyl/N-ethyl adjacent to an activating group) is 1. The third-order valence-electron chi connectivity index (χ3n) is 5.71. The fraction of sp³-hybridized carbons (Fsp3) is 0.407. The van der Waals surface area contributed by atoms with E-state index in [9.17, 15) is 13.2 Å². The van der Waals surface area contributed by atoms with Gasteiger partial charge in [0.1, 0.15) is 0 Å². The van der Waals surface area contributed by atoms with Crippen LogP contribution in [0.3, 0.4) is 0 Å². The van der Waals surface area contributed by atoms with Crippen LogP contribution in [0.25, 0.3) is 6.08 Å². The van der Waals surface area contributed by atoms with Gasteiger partial charge in [0.2, 0.25) is 0 Å². The van der Waals surface area contributed by atoms with Crippen molar-refractivity contribution in [2.45, 2.75) is 57.8 Å². The molecule has 36 heavy (non-hydrogen) atoms. The van der Waals surface area contributed by atoms with E-state index in [4.69, 9.17) is 9.47 Å². The lowest BCUT2D eigenvalue weighted by molar-refractivity contribution is -0.122. The van der Waals surface area contributed by atoms with Crippen LogP contribution in [-0.2, 0) is 14.8 Å². The highest BCUT2D eigenvalue weighted by Gasteiger charge is 2.34. The van der Waals surface area contributed by atoms with E-state index in [1.54, 1.807) is 38.3 Å². The van der Waals surface area contributed by atoms with Crippen LogP contribution in [-0.4, -0.2) is 44.7 Å². The molecule has 1 heterocycles. The van der Waals surface area contributed by atoms with Crippen LogP contribution in [0, 0.1) is 6.92 Å². The van der Waals surface area contributed by atoms with E-state index < -0.39 is 10.0 Å². The molecule has 0 atom stereocenters. The highest BCUT2D eigenvalue weighted by atomic mass is 32.2. The maximum Gasteiger partial charge on any atom is 0.284 e. The van der Waals surface area contributed by atoms with Crippen molar-refractivity contribution in [2.75, 3.05) is 20.3 Å². The third-order valence-corrected chi connectivity index (χ3v) is 8.12. The first kappa shape index (κ1) is 27.8. The van der Waals surface area contributed by atoms with E-state index in [0.29, 0.717) is 29.6 Å². The standard InChI is InChI=1S/C27H34N2O5S2/c1-5-7-8-9-10-17-34-24-18-21(13-16-23(24)33-4)19-25-26(30)29(6-2)27(35-25)28-36(31,32)22-14-11-20(3)12-15-22/h11-16,18-19H,5-10,17H2,1-4H3/b25-19-,28-27+. The molecular weight excluding hydrogens is 496 g/mol. The zero-order valence-corrected chi connectivity index (χ0v) is 23.0. The molecule has 1 aliphatic rings. The van der Waals surface area contributed by atoms with Gasteiger partial charge >= 0.3 is 0 Å². The third kappa shape index (κ3) is 7.13. The van der Waals surface area contributed by atoms with Crippen LogP contribution in [0.2, 0.25) is 0 Å². The number of benzene rings is 2. The van der Waals surface area contributed by atoms with Crippen molar-refractivity contribution in [2.24, 2.45) is 4.40 Å². The molecule has 2 aromatic carbocycles. The van der Waals surface area contributed by atoms with Gasteiger partial charge in [-0.1, -0.05) is 56.4 Å². The average molecular weight is 531 g/mol. The Balaban J connectivity index is 1.81. The predicted molar refractivity (Wildman–Crippen MR) is 146 cm³/mol. The minimum atomic E-state index is -3.95. The van der Waals surface area contributed by atoms with Crippen molar-refractivity contribution in [1.82, 2.24) is 4.90 Å². The van der Waals surface area contributed by atoms with Crippen LogP contribution in [0.1, 0.15) is 57.1 Å². The highest BCUT2D eigenvalue weighted by molar-refractivity contribution is 8.19. The topological polar surface area (TPSA) is 85.3 Å². The molecular formula is C27H34N2O5S2. The monoisotopic (exact) mass is 530 g/mol. The van der Waals surface area contributed by atoms with Crippen molar-refractivity contribution in [1.29, 1.82) is 0 Å². The first-order chi connectivity index (χ1) is 17.3. The number of unbranched alkanes of at least 4 members (excludes halogenated alkanes) is 4. The number of hydrogen-bond donors (Lipinski definition) is 0. The lowest BCUT2D eigenvalue weighted by atomic mass is 10.1. The molecule has 0 bridgehead atoms. The SMILES string of the molecule is CCCCCCCOc1cc(/C=C2\S/C(=N/S(=O)(=O)c3ccc(C)cc3)N(CC)C2=O)ccc1OC. The smallest absolute Gasteiger partial charge is 0.284 e. The molecule has 194 valence electrons. The van der Waals surface area contributed by atoms with Crippen LogP contribution in [0.15, 0.2) is 56.7 Å². The Morgan fingerprint density at radius 1 is 1.00 bits per heavy atom. The van der Waals surface area contributed by atoms with E-state index in [1.807, 2.05) is 19.1 Å². The van der Waals surface area contributed by atoms with Crippen molar-refractivity contribution in [3.8, 4) is 11.5 Å². The Kier molecular flexibility index (Phi) is 10.0. The van der Waals surface area contributed by atoms with Gasteiger partial charge in [0.25, 0.3) is 15.9 Å². The van der Waals surface area contributed by atoms with Gasteiger partial charge in [-0.05, 0) is 67.9 Å². The quantitative estimate of drug-likeness (QED) is 0.246. The number of amidine groups is 1. The molecule has 0 N–H and O–H groups in total. The molecule has 1 aliphatic heterocycles. The molecule has 0 aromatic heterocycles. The van der Waals surface area contributed by atoms with Gasteiger partial charge in [-0.15, -0.1) is 4.40 Å². The number of aryl methyl sites for hydroxylation is 1. The van der Waals surface area contributed by atoms with E-state index in [-0.39, 0.29) is 16.0 Å². The molecule has 3 rings (SSSR count). The number of amides is 1. The van der Waals surface area contributed by atoms with Crippen LogP contribution >= 0.6 is 11.8 Å². The van der Waals surface area contributed by atoms with Crippen molar-refractivity contribution in [3.05, 3.63) is 58.5 Å². The maximum atomic E-state index is 13.0. The lowest BCUT2D eigenvalue weighted by Gasteiger charge is -2.12. The summed E-state index contributed by atoms with van der Waals surface area (Å²) in [6.45, 7) is 6.75. The van der Waals surface area contributed by atoms with E-state index in [1.165, 1.54) is 36.3 Å². The second-order valence-corrected chi connectivity index (χ2v) is 11.1. The Morgan fingerprint density at radius 3 is 2.39 bits per heavy atom. The summed E-state index contributed by atoms with van der Waals surface area (Å²) in [5, 5.41) is 0.145. The summed E-state index contributed by atoms with van der Waals surface area (Å²) >= 11 is 1.05. The van der Waals surface area contributed by atoms with Crippen molar-refractivity contribution in [3.63, 3.8) is 0 Å². The van der Waals surface area contributed by atoms with Gasteiger partial charge in [0.05, 0.1) is 23.5 Å². The Bertz CT molecular complexity index is 1220. The van der Waals surface area contributed by atoms with Crippen LogP contribution in [0.4, 0.5) is 0 Å². The summed E-state index contributed by atoms with van der Waals surface area (Å²) in [5.74, 6) is 0.952.